The van der Waals surface area contributed by atoms with Crippen LogP contribution >= 0.6 is 11.3 Å². The van der Waals surface area contributed by atoms with Crippen molar-refractivity contribution < 1.29 is 19.4 Å². The van der Waals surface area contributed by atoms with Crippen LogP contribution in [-0.2, 0) is 9.53 Å². The molecule has 1 aliphatic rings. The molecule has 7 heteroatoms. The maximum absolute atomic E-state index is 12.3. The maximum Gasteiger partial charge on any atom is 0.343 e. The van der Waals surface area contributed by atoms with Crippen LogP contribution in [0.25, 0.3) is 0 Å². The molecule has 0 radical (unpaired) electrons. The highest BCUT2D eigenvalue weighted by atomic mass is 32.1. The van der Waals surface area contributed by atoms with Gasteiger partial charge in [0.05, 0.1) is 17.7 Å². The van der Waals surface area contributed by atoms with Crippen LogP contribution in [0.5, 0.6) is 0 Å². The van der Waals surface area contributed by atoms with Gasteiger partial charge in [0, 0.05) is 11.1 Å². The van der Waals surface area contributed by atoms with Gasteiger partial charge in [-0.1, -0.05) is 30.3 Å². The number of hydrogen-bond donors (Lipinski definition) is 1. The quantitative estimate of drug-likeness (QED) is 0.521. The minimum atomic E-state index is -0.709. The van der Waals surface area contributed by atoms with E-state index in [9.17, 15) is 14.7 Å². The number of amides is 1. The summed E-state index contributed by atoms with van der Waals surface area (Å²) in [6.07, 6.45) is 0. The Morgan fingerprint density at radius 1 is 1.16 bits per heavy atom. The number of thiophene rings is 1. The lowest BCUT2D eigenvalue weighted by molar-refractivity contribution is -0.135. The van der Waals surface area contributed by atoms with Gasteiger partial charge in [-0.2, -0.15) is 4.99 Å². The van der Waals surface area contributed by atoms with Gasteiger partial charge in [-0.05, 0) is 18.4 Å². The summed E-state index contributed by atoms with van der Waals surface area (Å²) < 4.78 is 4.73. The number of ether oxygens (including phenoxy) is 1. The Kier molecular flexibility index (Phi) is 4.58. The van der Waals surface area contributed by atoms with Crippen LogP contribution in [0.3, 0.4) is 0 Å². The predicted molar refractivity (Wildman–Crippen MR) is 95.5 cm³/mol. The van der Waals surface area contributed by atoms with Gasteiger partial charge in [0.25, 0.3) is 5.91 Å². The molecule has 0 atom stereocenters. The molecule has 0 unspecified atom stereocenters. The summed E-state index contributed by atoms with van der Waals surface area (Å²) in [6.45, 7) is 1.38. The van der Waals surface area contributed by atoms with Crippen LogP contribution in [0.1, 0.15) is 27.7 Å². The van der Waals surface area contributed by atoms with Crippen LogP contribution in [0, 0.1) is 0 Å². The topological polar surface area (TPSA) is 88.3 Å². The van der Waals surface area contributed by atoms with Crippen molar-refractivity contribution >= 4 is 34.8 Å². The van der Waals surface area contributed by atoms with Crippen molar-refractivity contribution in [1.82, 2.24) is 0 Å². The molecule has 2 heterocycles. The zero-order valence-corrected chi connectivity index (χ0v) is 14.3. The van der Waals surface area contributed by atoms with Crippen molar-refractivity contribution in [3.8, 4) is 0 Å². The third-order valence-electron chi connectivity index (χ3n) is 3.57. The van der Waals surface area contributed by atoms with Gasteiger partial charge < -0.3 is 9.84 Å². The van der Waals surface area contributed by atoms with Gasteiger partial charge in [0.15, 0.2) is 5.84 Å². The Labute approximate surface area is 147 Å². The van der Waals surface area contributed by atoms with Crippen LogP contribution < -0.4 is 0 Å². The normalized spacial score (nSPS) is 15.4. The van der Waals surface area contributed by atoms with E-state index in [1.54, 1.807) is 41.8 Å². The summed E-state index contributed by atoms with van der Waals surface area (Å²) >= 11 is 1.29. The first-order chi connectivity index (χ1) is 12.0. The van der Waals surface area contributed by atoms with Gasteiger partial charge >= 0.3 is 5.97 Å². The van der Waals surface area contributed by atoms with E-state index in [1.807, 2.05) is 0 Å². The molecule has 1 aromatic carbocycles. The van der Waals surface area contributed by atoms with E-state index in [2.05, 4.69) is 9.98 Å². The minimum absolute atomic E-state index is 0.0521. The second kappa shape index (κ2) is 6.82. The third kappa shape index (κ3) is 3.14. The van der Waals surface area contributed by atoms with E-state index in [0.29, 0.717) is 16.0 Å². The first kappa shape index (κ1) is 16.8. The number of methoxy groups -OCH3 is 1. The van der Waals surface area contributed by atoms with Crippen molar-refractivity contribution in [3.05, 3.63) is 69.1 Å². The molecule has 1 N–H and O–H groups in total. The highest BCUT2D eigenvalue weighted by Crippen LogP contribution is 2.26. The van der Waals surface area contributed by atoms with E-state index >= 15 is 0 Å². The summed E-state index contributed by atoms with van der Waals surface area (Å²) in [4.78, 5) is 33.2. The molecule has 1 aromatic heterocycles. The van der Waals surface area contributed by atoms with E-state index in [4.69, 9.17) is 4.74 Å². The van der Waals surface area contributed by atoms with Crippen LogP contribution in [0.15, 0.2) is 63.1 Å². The summed E-state index contributed by atoms with van der Waals surface area (Å²) in [5.41, 5.74) is 1.41. The molecule has 0 aliphatic carbocycles. The standard InChI is InChI=1S/C18H14N2O4S/c1-10(21)14(18(23)24-2)15-11-6-3-4-7-12(11)16(19-15)20-17(22)13-8-5-9-25-13/h3-9,21H,1-2H3. The highest BCUT2D eigenvalue weighted by Gasteiger charge is 2.30. The number of aliphatic hydroxyl groups is 1. The number of carbonyl (C=O) groups excluding carboxylic acids is 2. The van der Waals surface area contributed by atoms with Crippen molar-refractivity contribution in [2.45, 2.75) is 6.92 Å². The maximum atomic E-state index is 12.3. The summed E-state index contributed by atoms with van der Waals surface area (Å²) in [5, 5.41) is 11.7. The van der Waals surface area contributed by atoms with E-state index in [0.717, 1.165) is 0 Å². The molecule has 1 aliphatic heterocycles. The SMILES string of the molecule is COC(=O)C(C1=NC(=NC(=O)c2cccs2)c2ccccc21)=C(C)O. The number of hydrogen-bond acceptors (Lipinski definition) is 5. The van der Waals surface area contributed by atoms with E-state index in [-0.39, 0.29) is 22.9 Å². The summed E-state index contributed by atoms with van der Waals surface area (Å²) in [6, 6.07) is 10.5. The molecular weight excluding hydrogens is 340 g/mol. The molecule has 6 nitrogen and oxygen atoms in total. The molecule has 25 heavy (non-hydrogen) atoms. The van der Waals surface area contributed by atoms with Crippen LogP contribution in [-0.4, -0.2) is 35.6 Å². The zero-order chi connectivity index (χ0) is 18.0. The second-order valence-corrected chi connectivity index (χ2v) is 6.12. The largest absolute Gasteiger partial charge is 0.512 e. The first-order valence-electron chi connectivity index (χ1n) is 7.36. The summed E-state index contributed by atoms with van der Waals surface area (Å²) in [7, 11) is 1.22. The molecule has 3 rings (SSSR count). The number of allylic oxidation sites excluding steroid dienone is 1. The third-order valence-corrected chi connectivity index (χ3v) is 4.43. The van der Waals surface area contributed by atoms with Crippen molar-refractivity contribution in [1.29, 1.82) is 0 Å². The van der Waals surface area contributed by atoms with Crippen molar-refractivity contribution in [3.63, 3.8) is 0 Å². The lowest BCUT2D eigenvalue weighted by Crippen LogP contribution is -2.16. The fourth-order valence-electron chi connectivity index (χ4n) is 2.46. The molecule has 0 bridgehead atoms. The Morgan fingerprint density at radius 3 is 2.48 bits per heavy atom. The number of amidine groups is 1. The second-order valence-electron chi connectivity index (χ2n) is 5.18. The average molecular weight is 354 g/mol. The monoisotopic (exact) mass is 354 g/mol. The van der Waals surface area contributed by atoms with E-state index in [1.165, 1.54) is 25.4 Å². The number of esters is 1. The van der Waals surface area contributed by atoms with Gasteiger partial charge in [-0.3, -0.25) is 4.79 Å². The Morgan fingerprint density at radius 2 is 1.88 bits per heavy atom. The average Bonchev–Trinajstić information content (AvgIpc) is 3.24. The smallest absolute Gasteiger partial charge is 0.343 e. The summed E-state index contributed by atoms with van der Waals surface area (Å²) in [5.74, 6) is -1.13. The fourth-order valence-corrected chi connectivity index (χ4v) is 3.06. The number of nitrogens with zero attached hydrogens (tertiary/aromatic N) is 2. The number of aliphatic imine (C=N–C) groups is 2. The fraction of sp³-hybridized carbons (Fsp3) is 0.111. The molecule has 2 aromatic rings. The Hall–Kier alpha value is -3.06. The number of rotatable bonds is 3. The molecule has 0 saturated carbocycles. The molecule has 0 spiro atoms. The first-order valence-corrected chi connectivity index (χ1v) is 8.24. The number of aliphatic hydroxyl groups excluding tert-OH is 1. The number of benzene rings is 1. The Bertz CT molecular complexity index is 936. The molecule has 0 saturated heterocycles. The van der Waals surface area contributed by atoms with Gasteiger partial charge in [-0.15, -0.1) is 11.3 Å². The number of carbonyl (C=O) groups is 2. The van der Waals surface area contributed by atoms with Gasteiger partial charge in [0.1, 0.15) is 11.3 Å². The minimum Gasteiger partial charge on any atom is -0.512 e. The predicted octanol–water partition coefficient (Wildman–Crippen LogP) is 3.14. The molecule has 1 amide bonds. The Balaban J connectivity index is 2.13. The zero-order valence-electron chi connectivity index (χ0n) is 13.5. The molecular formula is C18H14N2O4S. The van der Waals surface area contributed by atoms with Gasteiger partial charge in [-0.25, -0.2) is 9.79 Å². The van der Waals surface area contributed by atoms with Crippen molar-refractivity contribution in [2.75, 3.05) is 7.11 Å². The highest BCUT2D eigenvalue weighted by molar-refractivity contribution is 7.12. The van der Waals surface area contributed by atoms with Gasteiger partial charge in [0.2, 0.25) is 0 Å². The van der Waals surface area contributed by atoms with Crippen molar-refractivity contribution in [2.24, 2.45) is 9.98 Å². The molecule has 126 valence electrons. The van der Waals surface area contributed by atoms with Crippen LogP contribution in [0.2, 0.25) is 0 Å². The van der Waals surface area contributed by atoms with E-state index < -0.39 is 11.9 Å². The lowest BCUT2D eigenvalue weighted by Gasteiger charge is -2.07. The number of fused-ring (bicyclic) bond motifs is 1. The molecule has 0 fully saturated rings. The lowest BCUT2D eigenvalue weighted by atomic mass is 9.99. The van der Waals surface area contributed by atoms with Crippen LogP contribution in [0.4, 0.5) is 0 Å².